The second-order valence-electron chi connectivity index (χ2n) is 23.1. The van der Waals surface area contributed by atoms with Gasteiger partial charge in [-0.25, -0.2) is 0 Å². The van der Waals surface area contributed by atoms with Crippen LogP contribution in [0, 0.1) is 0 Å². The normalized spacial score (nSPS) is 12.9. The molecule has 0 aliphatic heterocycles. The van der Waals surface area contributed by atoms with Crippen molar-refractivity contribution >= 4 is 17.9 Å². The van der Waals surface area contributed by atoms with Crippen LogP contribution in [0.15, 0.2) is 36.5 Å². The molecule has 0 N–H and O–H groups in total. The van der Waals surface area contributed by atoms with Gasteiger partial charge < -0.3 is 33.3 Å². The van der Waals surface area contributed by atoms with Gasteiger partial charge in [-0.05, 0) is 51.4 Å². The maximum atomic E-state index is 12.9. The van der Waals surface area contributed by atoms with Crippen LogP contribution in [0.25, 0.3) is 0 Å². The quantitative estimate of drug-likeness (QED) is 0.0195. The van der Waals surface area contributed by atoms with Crippen molar-refractivity contribution in [3.05, 3.63) is 36.5 Å². The molecule has 0 aromatic heterocycles. The lowest BCUT2D eigenvalue weighted by atomic mass is 10.0. The summed E-state index contributed by atoms with van der Waals surface area (Å²) >= 11 is 0. The predicted molar refractivity (Wildman–Crippen MR) is 316 cm³/mol. The number of allylic oxidation sites excluding steroid dienone is 6. The summed E-state index contributed by atoms with van der Waals surface area (Å²) in [6.45, 7) is 4.79. The van der Waals surface area contributed by atoms with Crippen molar-refractivity contribution in [2.24, 2.45) is 0 Å². The van der Waals surface area contributed by atoms with E-state index in [1.165, 1.54) is 231 Å². The van der Waals surface area contributed by atoms with E-state index in [2.05, 4.69) is 50.3 Å². The molecule has 0 spiro atoms. The van der Waals surface area contributed by atoms with Gasteiger partial charge in [0.2, 0.25) is 0 Å². The van der Waals surface area contributed by atoms with Crippen molar-refractivity contribution in [3.63, 3.8) is 0 Å². The van der Waals surface area contributed by atoms with Crippen molar-refractivity contribution in [1.82, 2.24) is 0 Å². The molecule has 0 aromatic carbocycles. The minimum absolute atomic E-state index is 0.150. The van der Waals surface area contributed by atoms with E-state index in [1.54, 1.807) is 0 Å². The molecule has 0 aliphatic rings. The number of esters is 2. The standard InChI is InChI=1S/C66H123NO8/c1-6-8-10-12-14-16-18-20-22-24-26-28-29-30-31-32-33-34-35-37-39-41-43-45-47-49-51-53-55-57-64(69)75-62(61-74-66(65(70)71)72-59-58-67(3,4)5)60-73-63(68)56-54-52-50-48-46-44-42-40-38-36-27-25-23-21-19-17-15-13-11-9-7-2/h18,20,24,26,29-30,62,66H,6-17,19,21-23,25,27-28,31-61H2,1-5H3/b20-18-,26-24-,30-29-. The number of carbonyl (C=O) groups is 3. The largest absolute Gasteiger partial charge is 0.545 e. The summed E-state index contributed by atoms with van der Waals surface area (Å²) in [5, 5.41) is 11.8. The molecule has 0 saturated carbocycles. The number of unbranched alkanes of at least 4 members (excludes halogenated alkanes) is 39. The number of likely N-dealkylation sites (N-methyl/N-ethyl adjacent to an activating group) is 1. The Balaban J connectivity index is 4.14. The molecule has 0 amide bonds. The first kappa shape index (κ1) is 72.5. The molecule has 0 fully saturated rings. The molecule has 75 heavy (non-hydrogen) atoms. The number of nitrogens with zero attached hydrogens (tertiary/aromatic N) is 1. The Morgan fingerprint density at radius 1 is 0.400 bits per heavy atom. The summed E-state index contributed by atoms with van der Waals surface area (Å²) in [4.78, 5) is 37.4. The van der Waals surface area contributed by atoms with Crippen molar-refractivity contribution in [2.45, 2.75) is 322 Å². The Labute approximate surface area is 464 Å². The number of carboxylic acid groups (broad SMARTS) is 1. The molecule has 0 rings (SSSR count). The smallest absolute Gasteiger partial charge is 0.306 e. The molecule has 0 bridgehead atoms. The van der Waals surface area contributed by atoms with Crippen LogP contribution in [-0.4, -0.2) is 82.3 Å². The molecular formula is C66H123NO8. The van der Waals surface area contributed by atoms with E-state index in [1.807, 2.05) is 21.1 Å². The summed E-state index contributed by atoms with van der Waals surface area (Å²) in [6.07, 6.45) is 67.7. The molecule has 9 heteroatoms. The van der Waals surface area contributed by atoms with Gasteiger partial charge in [-0.3, -0.25) is 9.59 Å². The van der Waals surface area contributed by atoms with Gasteiger partial charge in [0.25, 0.3) is 0 Å². The summed E-state index contributed by atoms with van der Waals surface area (Å²) in [7, 11) is 5.94. The Hall–Kier alpha value is -2.49. The number of hydrogen-bond acceptors (Lipinski definition) is 8. The van der Waals surface area contributed by atoms with Crippen molar-refractivity contribution in [3.8, 4) is 0 Å². The topological polar surface area (TPSA) is 111 Å². The lowest BCUT2D eigenvalue weighted by Crippen LogP contribution is -2.44. The van der Waals surface area contributed by atoms with Gasteiger partial charge in [-0.15, -0.1) is 0 Å². The average molecular weight is 1060 g/mol. The highest BCUT2D eigenvalue weighted by molar-refractivity contribution is 5.70. The molecular weight excluding hydrogens is 935 g/mol. The minimum atomic E-state index is -1.62. The van der Waals surface area contributed by atoms with Gasteiger partial charge in [0.15, 0.2) is 12.4 Å². The first-order valence-corrected chi connectivity index (χ1v) is 32.1. The second kappa shape index (κ2) is 57.7. The van der Waals surface area contributed by atoms with Crippen LogP contribution in [0.5, 0.6) is 0 Å². The average Bonchev–Trinajstić information content (AvgIpc) is 3.38. The molecule has 0 heterocycles. The van der Waals surface area contributed by atoms with Gasteiger partial charge in [-0.1, -0.05) is 281 Å². The number of ether oxygens (including phenoxy) is 4. The summed E-state index contributed by atoms with van der Waals surface area (Å²) in [6, 6.07) is 0. The maximum Gasteiger partial charge on any atom is 0.306 e. The van der Waals surface area contributed by atoms with E-state index in [-0.39, 0.29) is 32.2 Å². The number of quaternary nitrogens is 1. The second-order valence-corrected chi connectivity index (χ2v) is 23.1. The molecule has 0 saturated heterocycles. The number of carboxylic acids is 1. The van der Waals surface area contributed by atoms with E-state index in [4.69, 9.17) is 18.9 Å². The number of rotatable bonds is 60. The number of aliphatic carboxylic acids is 1. The molecule has 9 nitrogen and oxygen atoms in total. The molecule has 440 valence electrons. The highest BCUT2D eigenvalue weighted by atomic mass is 16.7. The SMILES string of the molecule is CCCCCCC/C=C\C/C=C\C/C=C\CCCCCCCCCCCCCCCCC(=O)OC(COC(=O)CCCCCCCCCCCCCCCCCCCCCCC)COC(OCC[N+](C)(C)C)C(=O)[O-]. The Morgan fingerprint density at radius 2 is 0.720 bits per heavy atom. The Kier molecular flexibility index (Phi) is 55.8. The zero-order chi connectivity index (χ0) is 54.8. The van der Waals surface area contributed by atoms with E-state index >= 15 is 0 Å². The number of carbonyl (C=O) groups excluding carboxylic acids is 3. The first-order valence-electron chi connectivity index (χ1n) is 32.1. The summed E-state index contributed by atoms with van der Waals surface area (Å²) < 4.78 is 22.8. The van der Waals surface area contributed by atoms with Crippen LogP contribution in [0.1, 0.15) is 309 Å². The zero-order valence-electron chi connectivity index (χ0n) is 50.2. The van der Waals surface area contributed by atoms with Gasteiger partial charge in [0, 0.05) is 12.8 Å². The van der Waals surface area contributed by atoms with Gasteiger partial charge in [0.1, 0.15) is 13.2 Å². The molecule has 0 aliphatic carbocycles. The van der Waals surface area contributed by atoms with Crippen LogP contribution in [0.4, 0.5) is 0 Å². The highest BCUT2D eigenvalue weighted by Crippen LogP contribution is 2.18. The Morgan fingerprint density at radius 3 is 1.07 bits per heavy atom. The highest BCUT2D eigenvalue weighted by Gasteiger charge is 2.22. The lowest BCUT2D eigenvalue weighted by molar-refractivity contribution is -0.870. The van der Waals surface area contributed by atoms with Crippen LogP contribution in [0.2, 0.25) is 0 Å². The minimum Gasteiger partial charge on any atom is -0.545 e. The van der Waals surface area contributed by atoms with E-state index in [0.717, 1.165) is 44.9 Å². The van der Waals surface area contributed by atoms with E-state index in [0.29, 0.717) is 23.9 Å². The Bertz CT molecular complexity index is 1320. The zero-order valence-corrected chi connectivity index (χ0v) is 50.2. The lowest BCUT2D eigenvalue weighted by Gasteiger charge is -2.26. The van der Waals surface area contributed by atoms with Crippen molar-refractivity contribution in [1.29, 1.82) is 0 Å². The van der Waals surface area contributed by atoms with Crippen LogP contribution in [-0.2, 0) is 33.3 Å². The van der Waals surface area contributed by atoms with Crippen molar-refractivity contribution < 1.29 is 42.9 Å². The first-order chi connectivity index (χ1) is 36.6. The van der Waals surface area contributed by atoms with Crippen LogP contribution < -0.4 is 5.11 Å². The number of hydrogen-bond donors (Lipinski definition) is 0. The molecule has 2 unspecified atom stereocenters. The third-order valence-corrected chi connectivity index (χ3v) is 14.4. The van der Waals surface area contributed by atoms with E-state index in [9.17, 15) is 19.5 Å². The van der Waals surface area contributed by atoms with Crippen LogP contribution >= 0.6 is 0 Å². The summed E-state index contributed by atoms with van der Waals surface area (Å²) in [5.41, 5.74) is 0. The van der Waals surface area contributed by atoms with Gasteiger partial charge in [0.05, 0.1) is 40.3 Å². The third kappa shape index (κ3) is 59.0. The van der Waals surface area contributed by atoms with E-state index < -0.39 is 24.3 Å². The fourth-order valence-corrected chi connectivity index (χ4v) is 9.43. The van der Waals surface area contributed by atoms with Gasteiger partial charge in [-0.2, -0.15) is 0 Å². The third-order valence-electron chi connectivity index (χ3n) is 14.4. The van der Waals surface area contributed by atoms with Crippen molar-refractivity contribution in [2.75, 3.05) is 47.5 Å². The summed E-state index contributed by atoms with van der Waals surface area (Å²) in [5.74, 6) is -2.26. The molecule has 0 aromatic rings. The fourth-order valence-electron chi connectivity index (χ4n) is 9.43. The maximum absolute atomic E-state index is 12.9. The fraction of sp³-hybridized carbons (Fsp3) is 0.864. The predicted octanol–water partition coefficient (Wildman–Crippen LogP) is 17.9. The monoisotopic (exact) mass is 1060 g/mol. The molecule has 2 atom stereocenters. The van der Waals surface area contributed by atoms with Gasteiger partial charge >= 0.3 is 11.9 Å². The molecule has 0 radical (unpaired) electrons. The van der Waals surface area contributed by atoms with Crippen LogP contribution in [0.3, 0.4) is 0 Å².